The maximum Gasteiger partial charge on any atom is 0.163 e. The number of alkyl halides is 1. The van der Waals surface area contributed by atoms with Crippen LogP contribution in [0, 0.1) is 0 Å². The van der Waals surface area contributed by atoms with Crippen LogP contribution >= 0.6 is 0 Å². The maximum absolute atomic E-state index is 13.7. The lowest BCUT2D eigenvalue weighted by Crippen LogP contribution is -2.46. The molecule has 2 aliphatic heterocycles. The molecular weight excluding hydrogens is 367 g/mol. The zero-order valence-electron chi connectivity index (χ0n) is 17.6. The van der Waals surface area contributed by atoms with Gasteiger partial charge in [0.15, 0.2) is 11.5 Å². The van der Waals surface area contributed by atoms with Crippen molar-refractivity contribution in [3.63, 3.8) is 0 Å². The highest BCUT2D eigenvalue weighted by atomic mass is 19.1. The van der Waals surface area contributed by atoms with Crippen LogP contribution in [0.2, 0.25) is 0 Å². The molecule has 1 saturated carbocycles. The Kier molecular flexibility index (Phi) is 5.42. The van der Waals surface area contributed by atoms with E-state index < -0.39 is 6.17 Å². The average molecular weight is 401 g/mol. The molecule has 0 atom stereocenters. The van der Waals surface area contributed by atoms with Crippen molar-refractivity contribution in [1.29, 1.82) is 0 Å². The second kappa shape index (κ2) is 8.17. The van der Waals surface area contributed by atoms with Gasteiger partial charge in [-0.1, -0.05) is 0 Å². The predicted molar refractivity (Wildman–Crippen MR) is 114 cm³/mol. The summed E-state index contributed by atoms with van der Waals surface area (Å²) in [4.78, 5) is 4.97. The van der Waals surface area contributed by atoms with Crippen LogP contribution < -0.4 is 14.4 Å². The molecule has 0 N–H and O–H groups in total. The second-order valence-electron chi connectivity index (χ2n) is 9.06. The Morgan fingerprint density at radius 1 is 1.07 bits per heavy atom. The zero-order chi connectivity index (χ0) is 19.8. The van der Waals surface area contributed by atoms with Gasteiger partial charge in [-0.25, -0.2) is 4.39 Å². The van der Waals surface area contributed by atoms with E-state index in [0.717, 1.165) is 37.3 Å². The van der Waals surface area contributed by atoms with Crippen molar-refractivity contribution in [2.45, 2.75) is 70.0 Å². The molecule has 158 valence electrons. The summed E-state index contributed by atoms with van der Waals surface area (Å²) in [5, 5.41) is 0. The van der Waals surface area contributed by atoms with E-state index in [0.29, 0.717) is 25.5 Å². The topological polar surface area (TPSA) is 24.9 Å². The third kappa shape index (κ3) is 3.74. The molecule has 2 heterocycles. The normalized spacial score (nSPS) is 26.3. The van der Waals surface area contributed by atoms with Gasteiger partial charge in [0.2, 0.25) is 0 Å². The zero-order valence-corrected chi connectivity index (χ0v) is 17.6. The number of hydrogen-bond acceptors (Lipinski definition) is 4. The van der Waals surface area contributed by atoms with E-state index >= 15 is 0 Å². The molecule has 0 radical (unpaired) electrons. The smallest absolute Gasteiger partial charge is 0.163 e. The summed E-state index contributed by atoms with van der Waals surface area (Å²) in [5.74, 6) is 1.65. The van der Waals surface area contributed by atoms with Crippen molar-refractivity contribution in [3.05, 3.63) is 29.0 Å². The quantitative estimate of drug-likeness (QED) is 0.610. The van der Waals surface area contributed by atoms with Crippen LogP contribution in [-0.2, 0) is 6.42 Å². The number of likely N-dealkylation sites (tertiary alicyclic amines) is 1. The van der Waals surface area contributed by atoms with E-state index in [9.17, 15) is 4.39 Å². The molecule has 4 aliphatic rings. The van der Waals surface area contributed by atoms with Crippen molar-refractivity contribution in [2.24, 2.45) is 0 Å². The van der Waals surface area contributed by atoms with Crippen LogP contribution in [0.15, 0.2) is 23.4 Å². The van der Waals surface area contributed by atoms with Crippen LogP contribution in [0.4, 0.5) is 10.1 Å². The third-order valence-electron chi connectivity index (χ3n) is 7.12. The number of halogens is 1. The first-order valence-electron chi connectivity index (χ1n) is 11.4. The number of benzene rings is 1. The number of hydrogen-bond donors (Lipinski definition) is 0. The lowest BCUT2D eigenvalue weighted by atomic mass is 9.85. The Labute approximate surface area is 173 Å². The Morgan fingerprint density at radius 3 is 2.66 bits per heavy atom. The molecule has 5 rings (SSSR count). The van der Waals surface area contributed by atoms with Gasteiger partial charge in [0, 0.05) is 30.0 Å². The molecule has 0 aromatic heterocycles. The largest absolute Gasteiger partial charge is 0.493 e. The van der Waals surface area contributed by atoms with Crippen LogP contribution in [0.3, 0.4) is 0 Å². The molecule has 0 amide bonds. The molecule has 0 bridgehead atoms. The van der Waals surface area contributed by atoms with E-state index in [1.165, 1.54) is 55.7 Å². The second-order valence-corrected chi connectivity index (χ2v) is 9.06. The highest BCUT2D eigenvalue weighted by Crippen LogP contribution is 2.48. The summed E-state index contributed by atoms with van der Waals surface area (Å²) in [5.41, 5.74) is 5.52. The highest BCUT2D eigenvalue weighted by Gasteiger charge is 2.40. The fraction of sp³-hybridized carbons (Fsp3) is 0.667. The first kappa shape index (κ1) is 19.2. The van der Waals surface area contributed by atoms with Crippen molar-refractivity contribution >= 4 is 5.69 Å². The fourth-order valence-corrected chi connectivity index (χ4v) is 5.50. The van der Waals surface area contributed by atoms with E-state index in [-0.39, 0.29) is 0 Å². The SMILES string of the molecule is COc1cc2c(cc1OCCCN1CCCC1)N(C1CC(F)C1)C1=C(CCC1)C2. The van der Waals surface area contributed by atoms with Gasteiger partial charge < -0.3 is 19.3 Å². The van der Waals surface area contributed by atoms with E-state index in [2.05, 4.69) is 21.9 Å². The minimum Gasteiger partial charge on any atom is -0.493 e. The Hall–Kier alpha value is -1.75. The standard InChI is InChI=1S/C24H33FN2O2/c1-28-23-13-18-12-17-6-4-7-21(17)27(20-14-19(25)15-20)22(18)16-24(23)29-11-5-10-26-8-2-3-9-26/h13,16,19-20H,2-12,14-15H2,1H3. The van der Waals surface area contributed by atoms with Crippen molar-refractivity contribution in [1.82, 2.24) is 4.90 Å². The first-order valence-corrected chi connectivity index (χ1v) is 11.4. The molecule has 1 saturated heterocycles. The molecule has 0 spiro atoms. The number of fused-ring (bicyclic) bond motifs is 1. The Morgan fingerprint density at radius 2 is 1.90 bits per heavy atom. The summed E-state index contributed by atoms with van der Waals surface area (Å²) >= 11 is 0. The molecule has 2 aliphatic carbocycles. The molecule has 0 unspecified atom stereocenters. The van der Waals surface area contributed by atoms with E-state index in [1.54, 1.807) is 12.7 Å². The van der Waals surface area contributed by atoms with Gasteiger partial charge in [-0.15, -0.1) is 0 Å². The molecule has 29 heavy (non-hydrogen) atoms. The number of ether oxygens (including phenoxy) is 2. The van der Waals surface area contributed by atoms with Gasteiger partial charge in [0.25, 0.3) is 0 Å². The number of anilines is 1. The highest BCUT2D eigenvalue weighted by molar-refractivity contribution is 5.69. The average Bonchev–Trinajstić information content (AvgIpc) is 3.38. The molecule has 1 aromatic rings. The fourth-order valence-electron chi connectivity index (χ4n) is 5.50. The monoisotopic (exact) mass is 400 g/mol. The maximum atomic E-state index is 13.7. The van der Waals surface area contributed by atoms with Gasteiger partial charge in [0.05, 0.1) is 13.7 Å². The number of methoxy groups -OCH3 is 1. The van der Waals surface area contributed by atoms with E-state index in [4.69, 9.17) is 9.47 Å². The third-order valence-corrected chi connectivity index (χ3v) is 7.12. The van der Waals surface area contributed by atoms with Gasteiger partial charge >= 0.3 is 0 Å². The number of nitrogens with zero attached hydrogens (tertiary/aromatic N) is 2. The minimum atomic E-state index is -0.643. The van der Waals surface area contributed by atoms with Gasteiger partial charge in [-0.2, -0.15) is 0 Å². The van der Waals surface area contributed by atoms with Crippen LogP contribution in [0.5, 0.6) is 11.5 Å². The minimum absolute atomic E-state index is 0.295. The summed E-state index contributed by atoms with van der Waals surface area (Å²) < 4.78 is 25.6. The van der Waals surface area contributed by atoms with Crippen molar-refractivity contribution < 1.29 is 13.9 Å². The summed E-state index contributed by atoms with van der Waals surface area (Å²) in [6.07, 6.45) is 8.86. The van der Waals surface area contributed by atoms with Gasteiger partial charge in [0.1, 0.15) is 6.17 Å². The van der Waals surface area contributed by atoms with Crippen LogP contribution in [0.1, 0.15) is 56.9 Å². The van der Waals surface area contributed by atoms with Gasteiger partial charge in [-0.3, -0.25) is 0 Å². The molecule has 1 aromatic carbocycles. The Bertz CT molecular complexity index is 781. The van der Waals surface area contributed by atoms with Crippen molar-refractivity contribution in [2.75, 3.05) is 38.3 Å². The predicted octanol–water partition coefficient (Wildman–Crippen LogP) is 4.86. The van der Waals surface area contributed by atoms with Crippen molar-refractivity contribution in [3.8, 4) is 11.5 Å². The van der Waals surface area contributed by atoms with Gasteiger partial charge in [-0.05, 0) is 88.1 Å². The first-order chi connectivity index (χ1) is 14.2. The number of rotatable bonds is 7. The van der Waals surface area contributed by atoms with Crippen LogP contribution in [0.25, 0.3) is 0 Å². The van der Waals surface area contributed by atoms with Crippen LogP contribution in [-0.4, -0.2) is 50.5 Å². The molecular formula is C24H33FN2O2. The summed E-state index contributed by atoms with van der Waals surface area (Å²) in [6.45, 7) is 4.27. The molecule has 2 fully saturated rings. The molecule has 5 heteroatoms. The molecule has 4 nitrogen and oxygen atoms in total. The lowest BCUT2D eigenvalue weighted by molar-refractivity contribution is 0.177. The van der Waals surface area contributed by atoms with E-state index in [1.807, 2.05) is 0 Å². The number of allylic oxidation sites excluding steroid dienone is 2. The Balaban J connectivity index is 1.35. The summed E-state index contributed by atoms with van der Waals surface area (Å²) in [7, 11) is 1.72. The summed E-state index contributed by atoms with van der Waals surface area (Å²) in [6, 6.07) is 4.62. The lowest BCUT2D eigenvalue weighted by Gasteiger charge is -2.45.